The lowest BCUT2D eigenvalue weighted by atomic mass is 9.90. The van der Waals surface area contributed by atoms with Crippen LogP contribution in [-0.2, 0) is 6.42 Å². The summed E-state index contributed by atoms with van der Waals surface area (Å²) in [6.45, 7) is 4.00. The van der Waals surface area contributed by atoms with Gasteiger partial charge in [-0.15, -0.1) is 0 Å². The van der Waals surface area contributed by atoms with Crippen molar-refractivity contribution in [2.75, 3.05) is 13.1 Å². The van der Waals surface area contributed by atoms with Crippen LogP contribution in [0.25, 0.3) is 0 Å². The van der Waals surface area contributed by atoms with Gasteiger partial charge in [-0.3, -0.25) is 0 Å². The van der Waals surface area contributed by atoms with E-state index in [1.165, 1.54) is 12.8 Å². The molecule has 1 aliphatic rings. The molecule has 0 spiro atoms. The summed E-state index contributed by atoms with van der Waals surface area (Å²) in [6.07, 6.45) is 3.39. The highest BCUT2D eigenvalue weighted by atomic mass is 16.3. The van der Waals surface area contributed by atoms with Crippen molar-refractivity contribution >= 4 is 0 Å². The number of hydrogen-bond donors (Lipinski definition) is 3. The van der Waals surface area contributed by atoms with Crippen LogP contribution in [0.3, 0.4) is 0 Å². The van der Waals surface area contributed by atoms with Gasteiger partial charge in [0.25, 0.3) is 0 Å². The second kappa shape index (κ2) is 4.74. The maximum absolute atomic E-state index is 9.55. The second-order valence-corrected chi connectivity index (χ2v) is 4.68. The molecule has 88 valence electrons. The highest BCUT2D eigenvalue weighted by Crippen LogP contribution is 2.31. The van der Waals surface area contributed by atoms with Crippen molar-refractivity contribution in [1.29, 1.82) is 0 Å². The van der Waals surface area contributed by atoms with Crippen molar-refractivity contribution in [1.82, 2.24) is 5.32 Å². The Kier molecular flexibility index (Phi) is 3.34. The molecule has 0 bridgehead atoms. The van der Waals surface area contributed by atoms with Crippen molar-refractivity contribution in [2.24, 2.45) is 5.92 Å². The van der Waals surface area contributed by atoms with Crippen LogP contribution >= 0.6 is 0 Å². The zero-order valence-corrected chi connectivity index (χ0v) is 9.66. The van der Waals surface area contributed by atoms with Crippen molar-refractivity contribution < 1.29 is 10.2 Å². The standard InChI is InChI=1S/C13H19NO2/c1-9-6-11(8-12(15)13(9)16)7-10-2-4-14-5-3-10/h6,8,10,14-16H,2-5,7H2,1H3. The molecule has 1 fully saturated rings. The summed E-state index contributed by atoms with van der Waals surface area (Å²) in [7, 11) is 0. The van der Waals surface area contributed by atoms with Gasteiger partial charge in [-0.05, 0) is 62.4 Å². The van der Waals surface area contributed by atoms with Crippen LogP contribution < -0.4 is 5.32 Å². The fourth-order valence-electron chi connectivity index (χ4n) is 2.37. The summed E-state index contributed by atoms with van der Waals surface area (Å²) in [5, 5.41) is 22.4. The van der Waals surface area contributed by atoms with E-state index in [1.54, 1.807) is 6.07 Å². The minimum Gasteiger partial charge on any atom is -0.504 e. The molecular weight excluding hydrogens is 202 g/mol. The zero-order chi connectivity index (χ0) is 11.5. The van der Waals surface area contributed by atoms with Gasteiger partial charge in [0.15, 0.2) is 11.5 Å². The summed E-state index contributed by atoms with van der Waals surface area (Å²) >= 11 is 0. The van der Waals surface area contributed by atoms with Crippen LogP contribution in [0, 0.1) is 12.8 Å². The summed E-state index contributed by atoms with van der Waals surface area (Å²) in [4.78, 5) is 0. The lowest BCUT2D eigenvalue weighted by Crippen LogP contribution is -2.28. The molecule has 1 aromatic carbocycles. The minimum atomic E-state index is 0.00364. The predicted octanol–water partition coefficient (Wildman–Crippen LogP) is 1.95. The maximum Gasteiger partial charge on any atom is 0.160 e. The molecule has 0 aromatic heterocycles. The minimum absolute atomic E-state index is 0.00364. The van der Waals surface area contributed by atoms with Crippen LogP contribution in [0.1, 0.15) is 24.0 Å². The Morgan fingerprint density at radius 1 is 1.25 bits per heavy atom. The predicted molar refractivity (Wildman–Crippen MR) is 63.8 cm³/mol. The second-order valence-electron chi connectivity index (χ2n) is 4.68. The number of aryl methyl sites for hydroxylation is 1. The van der Waals surface area contributed by atoms with Crippen molar-refractivity contribution in [3.63, 3.8) is 0 Å². The number of hydrogen-bond acceptors (Lipinski definition) is 3. The molecule has 0 atom stereocenters. The number of phenolic OH excluding ortho intramolecular Hbond substituents is 2. The van der Waals surface area contributed by atoms with Gasteiger partial charge >= 0.3 is 0 Å². The number of nitrogens with one attached hydrogen (secondary N) is 1. The SMILES string of the molecule is Cc1cc(CC2CCNCC2)cc(O)c1O. The van der Waals surface area contributed by atoms with Crippen LogP contribution in [0.2, 0.25) is 0 Å². The molecule has 0 unspecified atom stereocenters. The van der Waals surface area contributed by atoms with Crippen LogP contribution in [-0.4, -0.2) is 23.3 Å². The average molecular weight is 221 g/mol. The third-order valence-corrected chi connectivity index (χ3v) is 3.32. The van der Waals surface area contributed by atoms with E-state index in [4.69, 9.17) is 0 Å². The number of rotatable bonds is 2. The smallest absolute Gasteiger partial charge is 0.160 e. The molecule has 3 N–H and O–H groups in total. The van der Waals surface area contributed by atoms with Crippen molar-refractivity contribution in [2.45, 2.75) is 26.2 Å². The van der Waals surface area contributed by atoms with E-state index in [2.05, 4.69) is 5.32 Å². The van der Waals surface area contributed by atoms with Crippen molar-refractivity contribution in [3.8, 4) is 11.5 Å². The Morgan fingerprint density at radius 3 is 2.56 bits per heavy atom. The quantitative estimate of drug-likeness (QED) is 0.669. The lowest BCUT2D eigenvalue weighted by Gasteiger charge is -2.22. The fraction of sp³-hybridized carbons (Fsp3) is 0.538. The molecule has 0 aliphatic carbocycles. The molecule has 0 amide bonds. The van der Waals surface area contributed by atoms with Gasteiger partial charge in [-0.2, -0.15) is 0 Å². The molecule has 1 aliphatic heterocycles. The third-order valence-electron chi connectivity index (χ3n) is 3.32. The monoisotopic (exact) mass is 221 g/mol. The first-order valence-electron chi connectivity index (χ1n) is 5.89. The summed E-state index contributed by atoms with van der Waals surface area (Å²) < 4.78 is 0. The number of aromatic hydroxyl groups is 2. The van der Waals surface area contributed by atoms with Gasteiger partial charge in [0.2, 0.25) is 0 Å². The third kappa shape index (κ3) is 2.47. The van der Waals surface area contributed by atoms with Gasteiger partial charge in [-0.1, -0.05) is 6.07 Å². The number of piperidine rings is 1. The summed E-state index contributed by atoms with van der Waals surface area (Å²) in [6, 6.07) is 3.65. The van der Waals surface area contributed by atoms with E-state index < -0.39 is 0 Å². The normalized spacial score (nSPS) is 17.6. The first-order valence-corrected chi connectivity index (χ1v) is 5.89. The highest BCUT2D eigenvalue weighted by molar-refractivity contribution is 5.46. The number of benzene rings is 1. The topological polar surface area (TPSA) is 52.5 Å². The van der Waals surface area contributed by atoms with Crippen LogP contribution in [0.4, 0.5) is 0 Å². The molecule has 1 saturated heterocycles. The molecule has 3 heteroatoms. The maximum atomic E-state index is 9.55. The zero-order valence-electron chi connectivity index (χ0n) is 9.66. The van der Waals surface area contributed by atoms with Gasteiger partial charge < -0.3 is 15.5 Å². The van der Waals surface area contributed by atoms with E-state index in [-0.39, 0.29) is 11.5 Å². The first-order chi connectivity index (χ1) is 7.66. The van der Waals surface area contributed by atoms with Gasteiger partial charge in [0.1, 0.15) is 0 Å². The lowest BCUT2D eigenvalue weighted by molar-refractivity contribution is 0.370. The molecule has 2 rings (SSSR count). The van der Waals surface area contributed by atoms with Crippen molar-refractivity contribution in [3.05, 3.63) is 23.3 Å². The van der Waals surface area contributed by atoms with Crippen LogP contribution in [0.5, 0.6) is 11.5 Å². The van der Waals surface area contributed by atoms with Gasteiger partial charge in [0, 0.05) is 0 Å². The first kappa shape index (κ1) is 11.3. The molecule has 0 saturated carbocycles. The van der Waals surface area contributed by atoms with E-state index in [0.717, 1.165) is 30.6 Å². The Morgan fingerprint density at radius 2 is 1.94 bits per heavy atom. The Labute approximate surface area is 96.1 Å². The summed E-state index contributed by atoms with van der Waals surface area (Å²) in [5.41, 5.74) is 1.88. The van der Waals surface area contributed by atoms with E-state index in [0.29, 0.717) is 5.92 Å². The fourth-order valence-corrected chi connectivity index (χ4v) is 2.37. The largest absolute Gasteiger partial charge is 0.504 e. The summed E-state index contributed by atoms with van der Waals surface area (Å²) in [5.74, 6) is 0.711. The van der Waals surface area contributed by atoms with E-state index in [1.807, 2.05) is 13.0 Å². The molecule has 1 aromatic rings. The molecule has 0 radical (unpaired) electrons. The average Bonchev–Trinajstić information content (AvgIpc) is 2.27. The van der Waals surface area contributed by atoms with Gasteiger partial charge in [-0.25, -0.2) is 0 Å². The van der Waals surface area contributed by atoms with E-state index >= 15 is 0 Å². The molecule has 3 nitrogen and oxygen atoms in total. The highest BCUT2D eigenvalue weighted by Gasteiger charge is 2.15. The van der Waals surface area contributed by atoms with E-state index in [9.17, 15) is 10.2 Å². The Bertz CT molecular complexity index is 347. The Balaban J connectivity index is 2.09. The Hall–Kier alpha value is -1.22. The molecular formula is C13H19NO2. The van der Waals surface area contributed by atoms with Crippen LogP contribution in [0.15, 0.2) is 12.1 Å². The molecule has 1 heterocycles. The molecule has 16 heavy (non-hydrogen) atoms. The van der Waals surface area contributed by atoms with Gasteiger partial charge in [0.05, 0.1) is 0 Å². The number of phenols is 2.